The molecule has 4 heterocycles. The van der Waals surface area contributed by atoms with Crippen molar-refractivity contribution in [1.82, 2.24) is 25.2 Å². The maximum absolute atomic E-state index is 13.2. The Kier molecular flexibility index (Phi) is 6.61. The van der Waals surface area contributed by atoms with Crippen molar-refractivity contribution in [3.63, 3.8) is 0 Å². The summed E-state index contributed by atoms with van der Waals surface area (Å²) < 4.78 is 24.1. The minimum absolute atomic E-state index is 0.0130. The Labute approximate surface area is 203 Å². The third-order valence-corrected chi connectivity index (χ3v) is 7.14. The van der Waals surface area contributed by atoms with Gasteiger partial charge in [-0.25, -0.2) is 4.68 Å². The molecule has 0 aliphatic carbocycles. The van der Waals surface area contributed by atoms with Crippen LogP contribution in [0.4, 0.5) is 0 Å². The highest BCUT2D eigenvalue weighted by Gasteiger charge is 2.45. The molecule has 2 fully saturated rings. The van der Waals surface area contributed by atoms with Crippen molar-refractivity contribution >= 4 is 11.8 Å². The number of aromatic nitrogens is 3. The van der Waals surface area contributed by atoms with E-state index < -0.39 is 5.60 Å². The van der Waals surface area contributed by atoms with Gasteiger partial charge in [0, 0.05) is 31.7 Å². The van der Waals surface area contributed by atoms with Crippen molar-refractivity contribution < 1.29 is 28.5 Å². The Morgan fingerprint density at radius 1 is 1.20 bits per heavy atom. The minimum Gasteiger partial charge on any atom is -0.497 e. The second kappa shape index (κ2) is 9.82. The number of nitrogens with one attached hydrogen (secondary N) is 1. The van der Waals surface area contributed by atoms with E-state index in [0.29, 0.717) is 75.2 Å². The maximum atomic E-state index is 13.2. The van der Waals surface area contributed by atoms with E-state index in [-0.39, 0.29) is 17.7 Å². The van der Waals surface area contributed by atoms with Crippen molar-refractivity contribution in [2.45, 2.75) is 44.6 Å². The van der Waals surface area contributed by atoms with Crippen LogP contribution in [0.3, 0.4) is 0 Å². The molecule has 0 bridgehead atoms. The summed E-state index contributed by atoms with van der Waals surface area (Å²) in [6, 6.07) is 5.19. The number of carbonyl (C=O) groups is 2. The van der Waals surface area contributed by atoms with Crippen molar-refractivity contribution in [2.24, 2.45) is 5.92 Å². The third-order valence-electron chi connectivity index (χ3n) is 7.14. The molecule has 1 aromatic carbocycles. The van der Waals surface area contributed by atoms with Gasteiger partial charge in [-0.2, -0.15) is 0 Å². The molecule has 2 aromatic rings. The average Bonchev–Trinajstić information content (AvgIpc) is 3.50. The molecule has 3 aliphatic heterocycles. The number of ether oxygens (including phenoxy) is 4. The van der Waals surface area contributed by atoms with Gasteiger partial charge in [-0.05, 0) is 31.4 Å². The molecule has 2 saturated heterocycles. The van der Waals surface area contributed by atoms with Crippen LogP contribution in [0.5, 0.6) is 11.5 Å². The Morgan fingerprint density at radius 2 is 2.03 bits per heavy atom. The van der Waals surface area contributed by atoms with Crippen LogP contribution in [-0.2, 0) is 34.0 Å². The zero-order valence-electron chi connectivity index (χ0n) is 20.1. The fourth-order valence-corrected chi connectivity index (χ4v) is 5.02. The van der Waals surface area contributed by atoms with E-state index >= 15 is 0 Å². The molecular formula is C24H31N5O6. The summed E-state index contributed by atoms with van der Waals surface area (Å²) in [5.74, 6) is 1.02. The van der Waals surface area contributed by atoms with E-state index in [9.17, 15) is 9.59 Å². The third kappa shape index (κ3) is 4.70. The van der Waals surface area contributed by atoms with Gasteiger partial charge in [-0.1, -0.05) is 5.21 Å². The molecular weight excluding hydrogens is 454 g/mol. The molecule has 11 nitrogen and oxygen atoms in total. The molecule has 0 saturated carbocycles. The summed E-state index contributed by atoms with van der Waals surface area (Å²) in [6.07, 6.45) is 2.19. The summed E-state index contributed by atoms with van der Waals surface area (Å²) in [6.45, 7) is 3.45. The van der Waals surface area contributed by atoms with Crippen LogP contribution in [0.1, 0.15) is 41.0 Å². The predicted molar refractivity (Wildman–Crippen MR) is 123 cm³/mol. The van der Waals surface area contributed by atoms with Crippen LogP contribution < -0.4 is 14.8 Å². The summed E-state index contributed by atoms with van der Waals surface area (Å²) in [7, 11) is 3.11. The number of amides is 2. The van der Waals surface area contributed by atoms with Gasteiger partial charge in [0.15, 0.2) is 0 Å². The fraction of sp³-hybridized carbons (Fsp3) is 0.583. The van der Waals surface area contributed by atoms with E-state index in [0.717, 1.165) is 18.5 Å². The van der Waals surface area contributed by atoms with Gasteiger partial charge >= 0.3 is 0 Å². The SMILES string of the molecule is COc1ccc(C(=O)N2CCC3(C2)Cn2nnc(CNC(=O)C4CCOCC4)c2CO3)c(OC)c1. The van der Waals surface area contributed by atoms with Gasteiger partial charge in [0.05, 0.1) is 51.7 Å². The summed E-state index contributed by atoms with van der Waals surface area (Å²) in [5.41, 5.74) is 1.56. The maximum Gasteiger partial charge on any atom is 0.257 e. The second-order valence-corrected chi connectivity index (χ2v) is 9.26. The fourth-order valence-electron chi connectivity index (χ4n) is 5.02. The van der Waals surface area contributed by atoms with Crippen LogP contribution in [0.15, 0.2) is 18.2 Å². The smallest absolute Gasteiger partial charge is 0.257 e. The van der Waals surface area contributed by atoms with Crippen LogP contribution in [0.2, 0.25) is 0 Å². The topological polar surface area (TPSA) is 117 Å². The minimum atomic E-state index is -0.515. The molecule has 1 aromatic heterocycles. The monoisotopic (exact) mass is 485 g/mol. The first-order valence-corrected chi connectivity index (χ1v) is 11.9. The van der Waals surface area contributed by atoms with Gasteiger partial charge < -0.3 is 29.2 Å². The lowest BCUT2D eigenvalue weighted by molar-refractivity contribution is -0.128. The first-order chi connectivity index (χ1) is 17.0. The van der Waals surface area contributed by atoms with Gasteiger partial charge in [0.1, 0.15) is 22.8 Å². The number of methoxy groups -OCH3 is 2. The highest BCUT2D eigenvalue weighted by Crippen LogP contribution is 2.35. The summed E-state index contributed by atoms with van der Waals surface area (Å²) in [4.78, 5) is 27.5. The van der Waals surface area contributed by atoms with Crippen molar-refractivity contribution in [3.8, 4) is 11.5 Å². The lowest BCUT2D eigenvalue weighted by atomic mass is 9.99. The number of fused-ring (bicyclic) bond motifs is 1. The molecule has 1 atom stereocenters. The van der Waals surface area contributed by atoms with Crippen LogP contribution in [0.25, 0.3) is 0 Å². The highest BCUT2D eigenvalue weighted by molar-refractivity contribution is 5.97. The van der Waals surface area contributed by atoms with E-state index in [1.165, 1.54) is 7.11 Å². The molecule has 3 aliphatic rings. The molecule has 35 heavy (non-hydrogen) atoms. The van der Waals surface area contributed by atoms with E-state index in [4.69, 9.17) is 18.9 Å². The normalized spacial score (nSPS) is 22.2. The number of carbonyl (C=O) groups excluding carboxylic acids is 2. The van der Waals surface area contributed by atoms with Gasteiger partial charge in [-0.15, -0.1) is 5.10 Å². The molecule has 1 spiro atoms. The van der Waals surface area contributed by atoms with Gasteiger partial charge in [0.2, 0.25) is 5.91 Å². The Hall–Kier alpha value is -3.18. The molecule has 0 radical (unpaired) electrons. The van der Waals surface area contributed by atoms with Crippen molar-refractivity contribution in [3.05, 3.63) is 35.2 Å². The Morgan fingerprint density at radius 3 is 2.80 bits per heavy atom. The summed E-state index contributed by atoms with van der Waals surface area (Å²) >= 11 is 0. The van der Waals surface area contributed by atoms with Crippen LogP contribution >= 0.6 is 0 Å². The molecule has 11 heteroatoms. The lowest BCUT2D eigenvalue weighted by Crippen LogP contribution is -2.45. The number of hydrogen-bond acceptors (Lipinski definition) is 8. The van der Waals surface area contributed by atoms with Gasteiger partial charge in [-0.3, -0.25) is 9.59 Å². The zero-order chi connectivity index (χ0) is 24.4. The number of likely N-dealkylation sites (tertiary alicyclic amines) is 1. The second-order valence-electron chi connectivity index (χ2n) is 9.26. The largest absolute Gasteiger partial charge is 0.497 e. The summed E-state index contributed by atoms with van der Waals surface area (Å²) in [5, 5.41) is 11.6. The van der Waals surface area contributed by atoms with E-state index in [2.05, 4.69) is 15.6 Å². The molecule has 1 N–H and O–H groups in total. The van der Waals surface area contributed by atoms with E-state index in [1.54, 1.807) is 30.2 Å². The first-order valence-electron chi connectivity index (χ1n) is 11.9. The van der Waals surface area contributed by atoms with Crippen molar-refractivity contribution in [1.29, 1.82) is 0 Å². The lowest BCUT2D eigenvalue weighted by Gasteiger charge is -2.34. The highest BCUT2D eigenvalue weighted by atomic mass is 16.5. The zero-order valence-corrected chi connectivity index (χ0v) is 20.1. The quantitative estimate of drug-likeness (QED) is 0.648. The predicted octanol–water partition coefficient (Wildman–Crippen LogP) is 1.15. The Bertz CT molecular complexity index is 1100. The average molecular weight is 486 g/mol. The first kappa shape index (κ1) is 23.6. The molecule has 1 unspecified atom stereocenters. The molecule has 5 rings (SSSR count). The number of hydrogen-bond donors (Lipinski definition) is 1. The van der Waals surface area contributed by atoms with E-state index in [1.807, 2.05) is 4.68 Å². The van der Waals surface area contributed by atoms with Crippen molar-refractivity contribution in [2.75, 3.05) is 40.5 Å². The van der Waals surface area contributed by atoms with Gasteiger partial charge in [0.25, 0.3) is 5.91 Å². The Balaban J connectivity index is 1.22. The number of nitrogens with zero attached hydrogens (tertiary/aromatic N) is 4. The molecule has 2 amide bonds. The molecule has 188 valence electrons. The number of rotatable bonds is 6. The number of benzene rings is 1. The standard InChI is InChI=1S/C24H31N5O6/c1-32-17-3-4-18(21(11-17)33-2)23(31)28-8-7-24(14-28)15-29-20(13-35-24)19(26-27-29)12-25-22(30)16-5-9-34-10-6-16/h3-4,11,16H,5-10,12-15H2,1-2H3,(H,25,30). The van der Waals surface area contributed by atoms with Crippen LogP contribution in [0, 0.1) is 5.92 Å². The van der Waals surface area contributed by atoms with Crippen LogP contribution in [-0.4, -0.2) is 77.8 Å².